The van der Waals surface area contributed by atoms with E-state index in [1.807, 2.05) is 0 Å². The molecule has 5 rings (SSSR count). The molecule has 0 aliphatic heterocycles. The van der Waals surface area contributed by atoms with Crippen LogP contribution in [0.3, 0.4) is 0 Å². The van der Waals surface area contributed by atoms with Gasteiger partial charge in [0, 0.05) is 35.6 Å². The lowest BCUT2D eigenvalue weighted by Gasteiger charge is -2.18. The van der Waals surface area contributed by atoms with E-state index in [1.165, 1.54) is 53.7 Å². The van der Waals surface area contributed by atoms with E-state index in [4.69, 9.17) is 5.11 Å². The fraction of sp³-hybridized carbons (Fsp3) is 0.457. The van der Waals surface area contributed by atoms with Crippen molar-refractivity contribution in [3.8, 4) is 11.1 Å². The number of likely N-dealkylation sites (N-methyl/N-ethyl adjacent to an activating group) is 1. The first-order valence-corrected chi connectivity index (χ1v) is 16.4. The smallest absolute Gasteiger partial charge is 0.317 e. The van der Waals surface area contributed by atoms with Crippen LogP contribution in [-0.4, -0.2) is 74.7 Å². The van der Waals surface area contributed by atoms with E-state index in [0.717, 1.165) is 12.8 Å². The number of Topliss-reactive ketones (excluding diaryl/α,β-unsaturated/α-hetero) is 1. The third-order valence-electron chi connectivity index (χ3n) is 8.50. The van der Waals surface area contributed by atoms with Gasteiger partial charge in [-0.1, -0.05) is 57.1 Å². The van der Waals surface area contributed by atoms with Crippen molar-refractivity contribution in [3.63, 3.8) is 0 Å². The summed E-state index contributed by atoms with van der Waals surface area (Å²) in [5, 5.41) is 22.7. The second-order valence-electron chi connectivity index (χ2n) is 12.1. The van der Waals surface area contributed by atoms with Crippen molar-refractivity contribution in [2.45, 2.75) is 77.7 Å². The maximum atomic E-state index is 15.5. The summed E-state index contributed by atoms with van der Waals surface area (Å²) in [6, 6.07) is 8.28. The summed E-state index contributed by atoms with van der Waals surface area (Å²) in [4.78, 5) is 58.3. The molecule has 1 amide bonds. The lowest BCUT2D eigenvalue weighted by molar-refractivity contribution is -0.135. The van der Waals surface area contributed by atoms with Gasteiger partial charge in [-0.3, -0.25) is 23.9 Å². The molecule has 1 aliphatic rings. The molecule has 0 unspecified atom stereocenters. The van der Waals surface area contributed by atoms with Gasteiger partial charge in [-0.15, -0.1) is 0 Å². The van der Waals surface area contributed by atoms with Crippen LogP contribution >= 0.6 is 0 Å². The standard InChI is InChI=1S/C32H36FN5O4.C3H7NO2/c1-21-32-25(10-7-11-28(32)37(36-21)20-30(41)34-14-15-39)26-18-29-23(17-27(26)33)19-35-38(29)31(42)13-12-24(40)16-22-8-5-3-2-4-6-9-22;1-4-2-3(5)6/h7,10-11,15,17-19,22H,2-6,8-9,12-14,16,20H2,1H3,(H,34,41);4H,2H2,1H3,(H,5,6). The number of halogens is 1. The summed E-state index contributed by atoms with van der Waals surface area (Å²) in [6.45, 7) is 1.64. The van der Waals surface area contributed by atoms with E-state index in [-0.39, 0.29) is 55.6 Å². The van der Waals surface area contributed by atoms with Crippen LogP contribution in [0.4, 0.5) is 4.39 Å². The minimum atomic E-state index is -0.822. The van der Waals surface area contributed by atoms with E-state index in [2.05, 4.69) is 20.8 Å². The molecule has 0 atom stereocenters. The number of ketones is 1. The van der Waals surface area contributed by atoms with Crippen molar-refractivity contribution in [2.75, 3.05) is 20.1 Å². The van der Waals surface area contributed by atoms with Gasteiger partial charge in [0.2, 0.25) is 11.8 Å². The van der Waals surface area contributed by atoms with Crippen LogP contribution in [0.2, 0.25) is 0 Å². The average molecular weight is 663 g/mol. The normalized spacial score (nSPS) is 13.7. The van der Waals surface area contributed by atoms with Crippen LogP contribution in [0.25, 0.3) is 32.9 Å². The zero-order valence-corrected chi connectivity index (χ0v) is 27.5. The fourth-order valence-corrected chi connectivity index (χ4v) is 6.24. The first kappa shape index (κ1) is 36.1. The number of aryl methyl sites for hydroxylation is 1. The molecular formula is C35H43FN6O6. The number of hydrogen-bond acceptors (Lipinski definition) is 8. The molecule has 13 heteroatoms. The molecule has 0 radical (unpaired) electrons. The highest BCUT2D eigenvalue weighted by Gasteiger charge is 2.21. The Kier molecular flexibility index (Phi) is 13.1. The second-order valence-corrected chi connectivity index (χ2v) is 12.1. The van der Waals surface area contributed by atoms with Crippen LogP contribution in [0.5, 0.6) is 0 Å². The maximum absolute atomic E-state index is 15.5. The molecule has 4 aromatic rings. The van der Waals surface area contributed by atoms with E-state index in [1.54, 1.807) is 38.2 Å². The van der Waals surface area contributed by atoms with Gasteiger partial charge < -0.3 is 20.5 Å². The average Bonchev–Trinajstić information content (AvgIpc) is 3.59. The predicted molar refractivity (Wildman–Crippen MR) is 179 cm³/mol. The highest BCUT2D eigenvalue weighted by Crippen LogP contribution is 2.35. The summed E-state index contributed by atoms with van der Waals surface area (Å²) in [5.74, 6) is -1.46. The Balaban J connectivity index is 0.000000794. The molecule has 2 aromatic heterocycles. The molecule has 0 saturated heterocycles. The number of amides is 1. The van der Waals surface area contributed by atoms with Crippen LogP contribution in [-0.2, 0) is 25.7 Å². The van der Waals surface area contributed by atoms with Crippen LogP contribution in [0.1, 0.15) is 74.7 Å². The molecule has 12 nitrogen and oxygen atoms in total. The Labute approximate surface area is 278 Å². The number of benzene rings is 2. The number of aliphatic carboxylic acids is 1. The summed E-state index contributed by atoms with van der Waals surface area (Å²) >= 11 is 0. The Morgan fingerprint density at radius 1 is 1.02 bits per heavy atom. The van der Waals surface area contributed by atoms with Crippen molar-refractivity contribution < 1.29 is 33.5 Å². The van der Waals surface area contributed by atoms with E-state index in [0.29, 0.717) is 51.7 Å². The Morgan fingerprint density at radius 3 is 2.42 bits per heavy atom. The molecule has 1 saturated carbocycles. The van der Waals surface area contributed by atoms with Gasteiger partial charge in [0.25, 0.3) is 0 Å². The van der Waals surface area contributed by atoms with Crippen molar-refractivity contribution in [1.29, 1.82) is 0 Å². The Bertz CT molecular complexity index is 1770. The molecule has 1 aliphatic carbocycles. The van der Waals surface area contributed by atoms with Crippen molar-refractivity contribution in [3.05, 3.63) is 48.0 Å². The summed E-state index contributed by atoms with van der Waals surface area (Å²) < 4.78 is 18.3. The van der Waals surface area contributed by atoms with Crippen LogP contribution in [0.15, 0.2) is 36.5 Å². The fourth-order valence-electron chi connectivity index (χ4n) is 6.24. The second kappa shape index (κ2) is 17.4. The van der Waals surface area contributed by atoms with Gasteiger partial charge >= 0.3 is 5.97 Å². The largest absolute Gasteiger partial charge is 0.480 e. The summed E-state index contributed by atoms with van der Waals surface area (Å²) in [5.41, 5.74) is 2.54. The van der Waals surface area contributed by atoms with Crippen molar-refractivity contribution >= 4 is 51.7 Å². The molecule has 48 heavy (non-hydrogen) atoms. The number of aromatic nitrogens is 4. The van der Waals surface area contributed by atoms with Gasteiger partial charge in [-0.25, -0.2) is 9.07 Å². The van der Waals surface area contributed by atoms with Gasteiger partial charge in [-0.05, 0) is 43.7 Å². The van der Waals surface area contributed by atoms with E-state index >= 15 is 4.39 Å². The quantitative estimate of drug-likeness (QED) is 0.180. The minimum Gasteiger partial charge on any atom is -0.480 e. The molecule has 2 heterocycles. The summed E-state index contributed by atoms with van der Waals surface area (Å²) in [7, 11) is 1.59. The SMILES string of the molecule is CNCC(=O)O.Cc1nn(CC(=O)NCC=O)c2cccc(-c3cc4c(cnn4C(=O)CCC(=O)CC4CCCCCCC4)cc3F)c12. The van der Waals surface area contributed by atoms with Crippen LogP contribution < -0.4 is 10.6 Å². The molecule has 0 bridgehead atoms. The number of rotatable bonds is 12. The number of nitrogens with zero attached hydrogens (tertiary/aromatic N) is 4. The topological polar surface area (TPSA) is 165 Å². The van der Waals surface area contributed by atoms with Gasteiger partial charge in [0.05, 0.1) is 36.0 Å². The number of carboxylic acid groups (broad SMARTS) is 1. The minimum absolute atomic E-state index is 0.0417. The molecule has 1 fully saturated rings. The maximum Gasteiger partial charge on any atom is 0.317 e. The zero-order chi connectivity index (χ0) is 34.6. The lowest BCUT2D eigenvalue weighted by atomic mass is 9.87. The number of carbonyl (C=O) groups excluding carboxylic acids is 4. The number of nitrogens with one attached hydrogen (secondary N) is 2. The predicted octanol–water partition coefficient (Wildman–Crippen LogP) is 4.85. The number of carbonyl (C=O) groups is 5. The van der Waals surface area contributed by atoms with Gasteiger partial charge in [-0.2, -0.15) is 10.2 Å². The van der Waals surface area contributed by atoms with Crippen LogP contribution in [0, 0.1) is 18.7 Å². The van der Waals surface area contributed by atoms with Crippen molar-refractivity contribution in [2.24, 2.45) is 5.92 Å². The number of carboxylic acids is 1. The zero-order valence-electron chi connectivity index (χ0n) is 27.5. The molecular weight excluding hydrogens is 619 g/mol. The molecule has 256 valence electrons. The highest BCUT2D eigenvalue weighted by molar-refractivity contribution is 6.01. The lowest BCUT2D eigenvalue weighted by Crippen LogP contribution is -2.29. The number of hydrogen-bond donors (Lipinski definition) is 3. The van der Waals surface area contributed by atoms with E-state index in [9.17, 15) is 24.0 Å². The number of fused-ring (bicyclic) bond motifs is 2. The first-order chi connectivity index (χ1) is 23.1. The molecule has 3 N–H and O–H groups in total. The Morgan fingerprint density at radius 2 is 1.75 bits per heavy atom. The third kappa shape index (κ3) is 9.40. The molecule has 0 spiro atoms. The highest BCUT2D eigenvalue weighted by atomic mass is 19.1. The van der Waals surface area contributed by atoms with Gasteiger partial charge in [0.1, 0.15) is 24.4 Å². The monoisotopic (exact) mass is 662 g/mol. The van der Waals surface area contributed by atoms with E-state index < -0.39 is 11.8 Å². The van der Waals surface area contributed by atoms with Gasteiger partial charge in [0.15, 0.2) is 0 Å². The Hall–Kier alpha value is -4.78. The third-order valence-corrected chi connectivity index (χ3v) is 8.50. The number of aldehydes is 1. The van der Waals surface area contributed by atoms with Crippen molar-refractivity contribution in [1.82, 2.24) is 30.2 Å². The molecule has 2 aromatic carbocycles. The first-order valence-electron chi connectivity index (χ1n) is 16.4. The summed E-state index contributed by atoms with van der Waals surface area (Å²) in [6.07, 6.45) is 11.0.